The van der Waals surface area contributed by atoms with Gasteiger partial charge >= 0.3 is 0 Å². The third-order valence-corrected chi connectivity index (χ3v) is 6.23. The Balaban J connectivity index is 0.00000306. The molecule has 8 nitrogen and oxygen atoms in total. The van der Waals surface area contributed by atoms with Gasteiger partial charge in [0.05, 0.1) is 6.20 Å². The van der Waals surface area contributed by atoms with Crippen LogP contribution in [0.4, 0.5) is 5.82 Å². The van der Waals surface area contributed by atoms with Crippen LogP contribution in [0.5, 0.6) is 0 Å². The molecule has 1 aliphatic rings. The number of aromatic nitrogens is 4. The molecule has 3 aromatic rings. The minimum Gasteiger partial charge on any atom is -0.359 e. The Labute approximate surface area is 201 Å². The second-order valence-electron chi connectivity index (χ2n) is 8.24. The molecular formula is C24H32ClN7O. The summed E-state index contributed by atoms with van der Waals surface area (Å²) in [4.78, 5) is 25.6. The first-order valence-electron chi connectivity index (χ1n) is 11.1. The van der Waals surface area contributed by atoms with Crippen LogP contribution < -0.4 is 10.2 Å². The number of aryl methyl sites for hydroxylation is 2. The molecule has 1 N–H and O–H groups in total. The van der Waals surface area contributed by atoms with Crippen LogP contribution >= 0.6 is 12.4 Å². The average molecular weight is 470 g/mol. The molecule has 1 aliphatic heterocycles. The lowest BCUT2D eigenvalue weighted by molar-refractivity contribution is -0.120. The molecule has 0 atom stereocenters. The summed E-state index contributed by atoms with van der Waals surface area (Å²) in [6, 6.07) is 8.30. The number of piperazine rings is 1. The molecule has 0 unspecified atom stereocenters. The van der Waals surface area contributed by atoms with Gasteiger partial charge in [0.15, 0.2) is 5.82 Å². The van der Waals surface area contributed by atoms with E-state index >= 15 is 0 Å². The highest BCUT2D eigenvalue weighted by Gasteiger charge is 2.22. The van der Waals surface area contributed by atoms with Gasteiger partial charge in [0, 0.05) is 82.5 Å². The molecule has 9 heteroatoms. The maximum atomic E-state index is 11.5. The van der Waals surface area contributed by atoms with Crippen molar-refractivity contribution < 1.29 is 4.79 Å². The van der Waals surface area contributed by atoms with E-state index in [1.807, 2.05) is 17.9 Å². The summed E-state index contributed by atoms with van der Waals surface area (Å²) < 4.78 is 1.93. The van der Waals surface area contributed by atoms with Gasteiger partial charge in [0.25, 0.3) is 0 Å². The number of nitrogens with one attached hydrogen (secondary N) is 1. The summed E-state index contributed by atoms with van der Waals surface area (Å²) >= 11 is 0. The van der Waals surface area contributed by atoms with Gasteiger partial charge in [-0.1, -0.05) is 24.3 Å². The van der Waals surface area contributed by atoms with Crippen molar-refractivity contribution in [2.45, 2.75) is 26.3 Å². The normalized spacial score (nSPS) is 14.1. The number of amides is 1. The van der Waals surface area contributed by atoms with Gasteiger partial charge in [-0.25, -0.2) is 4.98 Å². The number of rotatable bonds is 7. The Morgan fingerprint density at radius 2 is 1.76 bits per heavy atom. The maximum absolute atomic E-state index is 11.5. The zero-order chi connectivity index (χ0) is 22.5. The van der Waals surface area contributed by atoms with Crippen LogP contribution in [0.25, 0.3) is 11.3 Å². The zero-order valence-corrected chi connectivity index (χ0v) is 20.3. The maximum Gasteiger partial charge on any atom is 0.220 e. The van der Waals surface area contributed by atoms with Crippen molar-refractivity contribution in [3.63, 3.8) is 0 Å². The highest BCUT2D eigenvalue weighted by atomic mass is 35.5. The molecule has 1 saturated heterocycles. The van der Waals surface area contributed by atoms with Crippen molar-refractivity contribution >= 4 is 24.1 Å². The quantitative estimate of drug-likeness (QED) is 0.573. The second kappa shape index (κ2) is 11.2. The summed E-state index contributed by atoms with van der Waals surface area (Å²) in [5.41, 5.74) is 5.61. The molecule has 0 spiro atoms. The Morgan fingerprint density at radius 3 is 2.39 bits per heavy atom. The van der Waals surface area contributed by atoms with Crippen LogP contribution in [-0.4, -0.2) is 63.8 Å². The predicted octanol–water partition coefficient (Wildman–Crippen LogP) is 2.61. The van der Waals surface area contributed by atoms with Gasteiger partial charge in [-0.15, -0.1) is 12.4 Å². The van der Waals surface area contributed by atoms with E-state index in [1.54, 1.807) is 19.4 Å². The minimum atomic E-state index is 0. The number of carbonyl (C=O) groups excluding carboxylic acids is 1. The third kappa shape index (κ3) is 5.89. The van der Waals surface area contributed by atoms with E-state index in [2.05, 4.69) is 61.4 Å². The molecule has 0 aliphatic carbocycles. The number of benzene rings is 1. The molecule has 1 amide bonds. The molecular weight excluding hydrogens is 438 g/mol. The Morgan fingerprint density at radius 1 is 1.06 bits per heavy atom. The lowest BCUT2D eigenvalue weighted by atomic mass is 10.0. The summed E-state index contributed by atoms with van der Waals surface area (Å²) in [7, 11) is 3.65. The molecule has 1 fully saturated rings. The molecule has 0 saturated carbocycles. The van der Waals surface area contributed by atoms with Gasteiger partial charge in [-0.05, 0) is 18.9 Å². The van der Waals surface area contributed by atoms with Crippen molar-refractivity contribution in [2.75, 3.05) is 38.1 Å². The van der Waals surface area contributed by atoms with E-state index in [4.69, 9.17) is 0 Å². The number of nitrogens with zero attached hydrogens (tertiary/aromatic N) is 6. The fourth-order valence-corrected chi connectivity index (χ4v) is 4.04. The standard InChI is InChI=1S/C24H31N7O.ClH/c1-18-21(16-28-29(18)3)17-30-12-14-31(15-13-30)24-23(26-10-11-27-24)20-7-4-19(5-8-20)6-9-22(32)25-2;/h4-5,7-8,10-11,16H,6,9,12-15,17H2,1-3H3,(H,25,32);1H. The first-order valence-corrected chi connectivity index (χ1v) is 11.1. The molecule has 0 bridgehead atoms. The molecule has 33 heavy (non-hydrogen) atoms. The molecule has 3 heterocycles. The monoisotopic (exact) mass is 469 g/mol. The van der Waals surface area contributed by atoms with E-state index in [0.29, 0.717) is 6.42 Å². The lowest BCUT2D eigenvalue weighted by Crippen LogP contribution is -2.46. The first kappa shape index (κ1) is 24.7. The van der Waals surface area contributed by atoms with Gasteiger partial charge in [0.1, 0.15) is 5.69 Å². The molecule has 176 valence electrons. The van der Waals surface area contributed by atoms with Crippen LogP contribution in [-0.2, 0) is 24.8 Å². The largest absolute Gasteiger partial charge is 0.359 e. The molecule has 4 rings (SSSR count). The molecule has 0 radical (unpaired) electrons. The predicted molar refractivity (Wildman–Crippen MR) is 133 cm³/mol. The number of carbonyl (C=O) groups is 1. The van der Waals surface area contributed by atoms with E-state index in [-0.39, 0.29) is 18.3 Å². The summed E-state index contributed by atoms with van der Waals surface area (Å²) in [6.07, 6.45) is 6.71. The number of hydrogen-bond donors (Lipinski definition) is 1. The van der Waals surface area contributed by atoms with Gasteiger partial charge in [-0.2, -0.15) is 5.10 Å². The van der Waals surface area contributed by atoms with E-state index in [0.717, 1.165) is 61.8 Å². The van der Waals surface area contributed by atoms with Gasteiger partial charge in [0.2, 0.25) is 5.91 Å². The average Bonchev–Trinajstić information content (AvgIpc) is 3.15. The number of anilines is 1. The van der Waals surface area contributed by atoms with Crippen LogP contribution in [0, 0.1) is 6.92 Å². The highest BCUT2D eigenvalue weighted by Crippen LogP contribution is 2.28. The lowest BCUT2D eigenvalue weighted by Gasteiger charge is -2.35. The van der Waals surface area contributed by atoms with Crippen molar-refractivity contribution in [3.05, 3.63) is 59.7 Å². The van der Waals surface area contributed by atoms with Gasteiger partial charge < -0.3 is 10.2 Å². The molecule has 1 aromatic carbocycles. The van der Waals surface area contributed by atoms with Crippen LogP contribution in [0.15, 0.2) is 42.9 Å². The van der Waals surface area contributed by atoms with Gasteiger partial charge in [-0.3, -0.25) is 19.4 Å². The van der Waals surface area contributed by atoms with Crippen molar-refractivity contribution in [2.24, 2.45) is 7.05 Å². The van der Waals surface area contributed by atoms with Crippen molar-refractivity contribution in [3.8, 4) is 11.3 Å². The summed E-state index contributed by atoms with van der Waals surface area (Å²) in [6.45, 7) is 6.82. The van der Waals surface area contributed by atoms with E-state index in [9.17, 15) is 4.79 Å². The van der Waals surface area contributed by atoms with Crippen LogP contribution in [0.3, 0.4) is 0 Å². The Bertz CT molecular complexity index is 1060. The SMILES string of the molecule is CNC(=O)CCc1ccc(-c2nccnc2N2CCN(Cc3cnn(C)c3C)CC2)cc1.Cl. The van der Waals surface area contributed by atoms with Crippen molar-refractivity contribution in [1.82, 2.24) is 30.0 Å². The van der Waals surface area contributed by atoms with E-state index in [1.165, 1.54) is 11.3 Å². The Hall–Kier alpha value is -2.97. The highest BCUT2D eigenvalue weighted by molar-refractivity contribution is 5.85. The zero-order valence-electron chi connectivity index (χ0n) is 19.5. The molecule has 2 aromatic heterocycles. The first-order chi connectivity index (χ1) is 15.5. The smallest absolute Gasteiger partial charge is 0.220 e. The fraction of sp³-hybridized carbons (Fsp3) is 0.417. The van der Waals surface area contributed by atoms with Crippen molar-refractivity contribution in [1.29, 1.82) is 0 Å². The topological polar surface area (TPSA) is 79.2 Å². The van der Waals surface area contributed by atoms with Crippen LogP contribution in [0.2, 0.25) is 0 Å². The van der Waals surface area contributed by atoms with Crippen LogP contribution in [0.1, 0.15) is 23.2 Å². The second-order valence-corrected chi connectivity index (χ2v) is 8.24. The summed E-state index contributed by atoms with van der Waals surface area (Å²) in [5.74, 6) is 0.992. The minimum absolute atomic E-state index is 0. The number of halogens is 1. The summed E-state index contributed by atoms with van der Waals surface area (Å²) in [5, 5.41) is 7.03. The Kier molecular flexibility index (Phi) is 8.41. The fourth-order valence-electron chi connectivity index (χ4n) is 4.04. The number of hydrogen-bond acceptors (Lipinski definition) is 6. The third-order valence-electron chi connectivity index (χ3n) is 6.23. The van der Waals surface area contributed by atoms with E-state index < -0.39 is 0 Å².